The van der Waals surface area contributed by atoms with Crippen LogP contribution in [0.2, 0.25) is 5.02 Å². The van der Waals surface area contributed by atoms with E-state index in [0.717, 1.165) is 18.8 Å². The highest BCUT2D eigenvalue weighted by molar-refractivity contribution is 6.34. The molecule has 0 heterocycles. The monoisotopic (exact) mass is 520 g/mol. The lowest BCUT2D eigenvalue weighted by molar-refractivity contribution is -0.117. The van der Waals surface area contributed by atoms with Gasteiger partial charge in [0.25, 0.3) is 11.8 Å². The molecule has 37 heavy (non-hydrogen) atoms. The summed E-state index contributed by atoms with van der Waals surface area (Å²) in [4.78, 5) is 28.1. The molecule has 0 aromatic heterocycles. The minimum absolute atomic E-state index is 0.0183. The standard InChI is InChI=1S/C28H29ClN4O4/c1-4-33(5-2)21-13-10-19(11-14-21)16-24(31-27(35)22-8-6-7-9-23(22)29)28(36)32-30-18-20-12-15-26(37-3)25(34)17-20/h6-18,34H,4-5H2,1-3H3,(H,31,35)(H,32,36)/b24-16+,30-18-. The van der Waals surface area contributed by atoms with Crippen molar-refractivity contribution < 1.29 is 19.4 Å². The van der Waals surface area contributed by atoms with Crippen LogP contribution in [0.1, 0.15) is 35.3 Å². The van der Waals surface area contributed by atoms with Gasteiger partial charge in [-0.05, 0) is 73.5 Å². The zero-order valence-electron chi connectivity index (χ0n) is 20.9. The topological polar surface area (TPSA) is 103 Å². The Morgan fingerprint density at radius 3 is 2.32 bits per heavy atom. The van der Waals surface area contributed by atoms with Gasteiger partial charge >= 0.3 is 0 Å². The molecular weight excluding hydrogens is 492 g/mol. The van der Waals surface area contributed by atoms with Gasteiger partial charge in [-0.25, -0.2) is 5.43 Å². The summed E-state index contributed by atoms with van der Waals surface area (Å²) in [6, 6.07) is 18.9. The quantitative estimate of drug-likeness (QED) is 0.202. The molecule has 0 saturated carbocycles. The van der Waals surface area contributed by atoms with Gasteiger partial charge in [0.2, 0.25) is 0 Å². The summed E-state index contributed by atoms with van der Waals surface area (Å²) in [5, 5.41) is 16.8. The lowest BCUT2D eigenvalue weighted by Crippen LogP contribution is -2.33. The maximum atomic E-state index is 13.0. The van der Waals surface area contributed by atoms with E-state index in [-0.39, 0.29) is 22.0 Å². The predicted molar refractivity (Wildman–Crippen MR) is 147 cm³/mol. The Bertz CT molecular complexity index is 1300. The lowest BCUT2D eigenvalue weighted by atomic mass is 10.1. The molecule has 8 nitrogen and oxygen atoms in total. The molecule has 0 spiro atoms. The highest BCUT2D eigenvalue weighted by Crippen LogP contribution is 2.25. The number of nitrogens with one attached hydrogen (secondary N) is 2. The van der Waals surface area contributed by atoms with Gasteiger partial charge in [-0.15, -0.1) is 0 Å². The second kappa shape index (κ2) is 13.1. The van der Waals surface area contributed by atoms with Gasteiger partial charge in [-0.1, -0.05) is 35.9 Å². The first kappa shape index (κ1) is 27.3. The van der Waals surface area contributed by atoms with E-state index in [2.05, 4.69) is 34.6 Å². The fourth-order valence-corrected chi connectivity index (χ4v) is 3.76. The van der Waals surface area contributed by atoms with Crippen LogP contribution in [0.25, 0.3) is 6.08 Å². The zero-order chi connectivity index (χ0) is 26.8. The number of benzene rings is 3. The Hall–Kier alpha value is -4.30. The molecule has 0 radical (unpaired) electrons. The van der Waals surface area contributed by atoms with Crippen LogP contribution in [0.4, 0.5) is 5.69 Å². The maximum Gasteiger partial charge on any atom is 0.287 e. The van der Waals surface area contributed by atoms with Gasteiger partial charge < -0.3 is 20.1 Å². The van der Waals surface area contributed by atoms with E-state index in [9.17, 15) is 14.7 Å². The molecule has 3 rings (SSSR count). The number of rotatable bonds is 10. The molecule has 0 bridgehead atoms. The van der Waals surface area contributed by atoms with Crippen LogP contribution in [-0.2, 0) is 4.79 Å². The van der Waals surface area contributed by atoms with Gasteiger partial charge in [0, 0.05) is 18.8 Å². The van der Waals surface area contributed by atoms with Crippen LogP contribution < -0.4 is 20.4 Å². The highest BCUT2D eigenvalue weighted by Gasteiger charge is 2.16. The molecule has 0 aliphatic rings. The van der Waals surface area contributed by atoms with Crippen molar-refractivity contribution in [3.8, 4) is 11.5 Å². The van der Waals surface area contributed by atoms with E-state index in [1.54, 1.807) is 42.5 Å². The Morgan fingerprint density at radius 2 is 1.70 bits per heavy atom. The van der Waals surface area contributed by atoms with Crippen molar-refractivity contribution in [2.45, 2.75) is 13.8 Å². The van der Waals surface area contributed by atoms with Gasteiger partial charge in [0.15, 0.2) is 11.5 Å². The number of phenolic OH excluding ortho intramolecular Hbond substituents is 1. The summed E-state index contributed by atoms with van der Waals surface area (Å²) >= 11 is 6.16. The van der Waals surface area contributed by atoms with Crippen molar-refractivity contribution in [1.29, 1.82) is 0 Å². The van der Waals surface area contributed by atoms with Crippen molar-refractivity contribution in [2.24, 2.45) is 5.10 Å². The number of halogens is 1. The van der Waals surface area contributed by atoms with Gasteiger partial charge in [0.05, 0.1) is 23.9 Å². The number of hydrogen-bond acceptors (Lipinski definition) is 6. The first-order chi connectivity index (χ1) is 17.9. The summed E-state index contributed by atoms with van der Waals surface area (Å²) in [7, 11) is 1.45. The number of carbonyl (C=O) groups is 2. The smallest absolute Gasteiger partial charge is 0.287 e. The minimum Gasteiger partial charge on any atom is -0.504 e. The summed E-state index contributed by atoms with van der Waals surface area (Å²) in [6.07, 6.45) is 2.92. The number of ether oxygens (including phenoxy) is 1. The fraction of sp³-hybridized carbons (Fsp3) is 0.179. The third kappa shape index (κ3) is 7.35. The van der Waals surface area contributed by atoms with E-state index in [1.807, 2.05) is 24.3 Å². The largest absolute Gasteiger partial charge is 0.504 e. The van der Waals surface area contributed by atoms with Crippen molar-refractivity contribution in [3.63, 3.8) is 0 Å². The minimum atomic E-state index is -0.637. The van der Waals surface area contributed by atoms with Crippen molar-refractivity contribution in [2.75, 3.05) is 25.1 Å². The summed E-state index contributed by atoms with van der Waals surface area (Å²) in [5.74, 6) is -0.905. The maximum absolute atomic E-state index is 13.0. The number of aromatic hydroxyl groups is 1. The van der Waals surface area contributed by atoms with E-state index in [4.69, 9.17) is 16.3 Å². The number of hydrazone groups is 1. The van der Waals surface area contributed by atoms with Crippen LogP contribution in [-0.4, -0.2) is 43.3 Å². The van der Waals surface area contributed by atoms with Gasteiger partial charge in [-0.3, -0.25) is 9.59 Å². The molecular formula is C28H29ClN4O4. The van der Waals surface area contributed by atoms with Crippen molar-refractivity contribution in [3.05, 3.63) is 94.1 Å². The summed E-state index contributed by atoms with van der Waals surface area (Å²) in [5.41, 5.74) is 4.93. The zero-order valence-corrected chi connectivity index (χ0v) is 21.6. The first-order valence-corrected chi connectivity index (χ1v) is 12.1. The summed E-state index contributed by atoms with van der Waals surface area (Å²) < 4.78 is 5.02. The number of methoxy groups -OCH3 is 1. The van der Waals surface area contributed by atoms with E-state index >= 15 is 0 Å². The second-order valence-corrected chi connectivity index (χ2v) is 8.29. The third-order valence-corrected chi connectivity index (χ3v) is 5.86. The number of phenols is 1. The van der Waals surface area contributed by atoms with Gasteiger partial charge in [0.1, 0.15) is 5.70 Å². The molecule has 0 atom stereocenters. The molecule has 0 aliphatic carbocycles. The SMILES string of the molecule is CCN(CC)c1ccc(/C=C(/NC(=O)c2ccccc2Cl)C(=O)N/N=C\c2ccc(OC)c(O)c2)cc1. The molecule has 3 aromatic rings. The molecule has 9 heteroatoms. The van der Waals surface area contributed by atoms with E-state index < -0.39 is 11.8 Å². The lowest BCUT2D eigenvalue weighted by Gasteiger charge is -2.21. The van der Waals surface area contributed by atoms with Crippen LogP contribution in [0, 0.1) is 0 Å². The predicted octanol–water partition coefficient (Wildman–Crippen LogP) is 4.82. The van der Waals surface area contributed by atoms with Crippen LogP contribution in [0.15, 0.2) is 77.5 Å². The molecule has 0 aliphatic heterocycles. The van der Waals surface area contributed by atoms with Crippen LogP contribution in [0.3, 0.4) is 0 Å². The summed E-state index contributed by atoms with van der Waals surface area (Å²) in [6.45, 7) is 5.91. The number of nitrogens with zero attached hydrogens (tertiary/aromatic N) is 2. The van der Waals surface area contributed by atoms with Crippen LogP contribution >= 0.6 is 11.6 Å². The molecule has 3 N–H and O–H groups in total. The first-order valence-electron chi connectivity index (χ1n) is 11.7. The van der Waals surface area contributed by atoms with Crippen LogP contribution in [0.5, 0.6) is 11.5 Å². The molecule has 3 aromatic carbocycles. The average Bonchev–Trinajstić information content (AvgIpc) is 2.90. The Kier molecular flexibility index (Phi) is 9.69. The Morgan fingerprint density at radius 1 is 1.03 bits per heavy atom. The van der Waals surface area contributed by atoms with Crippen molar-refractivity contribution in [1.82, 2.24) is 10.7 Å². The Labute approximate surface area is 221 Å². The fourth-order valence-electron chi connectivity index (χ4n) is 3.54. The van der Waals surface area contributed by atoms with E-state index in [0.29, 0.717) is 16.9 Å². The van der Waals surface area contributed by atoms with E-state index in [1.165, 1.54) is 19.4 Å². The average molecular weight is 521 g/mol. The normalized spacial score (nSPS) is 11.3. The second-order valence-electron chi connectivity index (χ2n) is 7.89. The number of anilines is 1. The molecule has 0 unspecified atom stereocenters. The number of hydrogen-bond donors (Lipinski definition) is 3. The van der Waals surface area contributed by atoms with Gasteiger partial charge in [-0.2, -0.15) is 5.10 Å². The molecule has 192 valence electrons. The number of carbonyl (C=O) groups excluding carboxylic acids is 2. The highest BCUT2D eigenvalue weighted by atomic mass is 35.5. The number of amides is 2. The Balaban J connectivity index is 1.84. The molecule has 0 fully saturated rings. The molecule has 0 saturated heterocycles. The van der Waals surface area contributed by atoms with Crippen molar-refractivity contribution >= 4 is 41.4 Å². The molecule has 2 amide bonds. The third-order valence-electron chi connectivity index (χ3n) is 5.53.